The summed E-state index contributed by atoms with van der Waals surface area (Å²) in [6, 6.07) is 0. The van der Waals surface area contributed by atoms with Crippen molar-refractivity contribution >= 4 is 23.6 Å². The van der Waals surface area contributed by atoms with E-state index >= 15 is 0 Å². The number of carbonyl (C=O) groups excluding carboxylic acids is 2. The number of carbonyl (C=O) groups is 2. The smallest absolute Gasteiger partial charge is 0.407 e. The first-order valence-electron chi connectivity index (χ1n) is 5.75. The standard InChI is InChI=1S/C11H22ClN3O3/c1-11(2,3)18-10(17)14-5-6-15(8-13-4)9(16)7-12/h13H,5-8H2,1-4H3,(H,14,17). The Morgan fingerprint density at radius 1 is 1.33 bits per heavy atom. The van der Waals surface area contributed by atoms with E-state index in [-0.39, 0.29) is 11.8 Å². The maximum Gasteiger partial charge on any atom is 0.407 e. The number of nitrogens with zero attached hydrogens (tertiary/aromatic N) is 1. The molecule has 2 N–H and O–H groups in total. The van der Waals surface area contributed by atoms with Crippen LogP contribution >= 0.6 is 11.6 Å². The van der Waals surface area contributed by atoms with Gasteiger partial charge in [0.2, 0.25) is 5.91 Å². The second-order valence-corrected chi connectivity index (χ2v) is 5.00. The molecule has 0 aromatic heterocycles. The summed E-state index contributed by atoms with van der Waals surface area (Å²) in [5.41, 5.74) is -0.527. The minimum absolute atomic E-state index is 0.0753. The van der Waals surface area contributed by atoms with Gasteiger partial charge in [0.05, 0.1) is 6.67 Å². The first kappa shape index (κ1) is 17.0. The SMILES string of the molecule is CNCN(CCNC(=O)OC(C)(C)C)C(=O)CCl. The summed E-state index contributed by atoms with van der Waals surface area (Å²) in [5, 5.41) is 5.44. The lowest BCUT2D eigenvalue weighted by molar-refractivity contribution is -0.128. The quantitative estimate of drug-likeness (QED) is 0.556. The molecule has 0 fully saturated rings. The Bertz CT molecular complexity index is 279. The lowest BCUT2D eigenvalue weighted by Crippen LogP contribution is -2.43. The zero-order valence-electron chi connectivity index (χ0n) is 11.4. The lowest BCUT2D eigenvalue weighted by atomic mass is 10.2. The summed E-state index contributed by atoms with van der Waals surface area (Å²) in [6.45, 7) is 6.46. The van der Waals surface area contributed by atoms with Crippen molar-refractivity contribution in [3.63, 3.8) is 0 Å². The average Bonchev–Trinajstić information content (AvgIpc) is 2.24. The molecule has 0 saturated heterocycles. The molecule has 0 heterocycles. The summed E-state index contributed by atoms with van der Waals surface area (Å²) in [4.78, 5) is 24.3. The van der Waals surface area contributed by atoms with Crippen LogP contribution in [0.2, 0.25) is 0 Å². The Hall–Kier alpha value is -1.01. The van der Waals surface area contributed by atoms with Crippen LogP contribution in [0.1, 0.15) is 20.8 Å². The van der Waals surface area contributed by atoms with Gasteiger partial charge in [-0.05, 0) is 27.8 Å². The molecule has 0 aromatic rings. The number of nitrogens with one attached hydrogen (secondary N) is 2. The van der Waals surface area contributed by atoms with E-state index in [1.165, 1.54) is 4.90 Å². The minimum Gasteiger partial charge on any atom is -0.444 e. The highest BCUT2D eigenvalue weighted by Crippen LogP contribution is 2.06. The number of hydrogen-bond acceptors (Lipinski definition) is 4. The average molecular weight is 280 g/mol. The van der Waals surface area contributed by atoms with Crippen LogP contribution in [0, 0.1) is 0 Å². The summed E-state index contributed by atoms with van der Waals surface area (Å²) >= 11 is 5.48. The molecule has 0 bridgehead atoms. The van der Waals surface area contributed by atoms with E-state index < -0.39 is 11.7 Å². The van der Waals surface area contributed by atoms with E-state index in [9.17, 15) is 9.59 Å². The molecule has 2 amide bonds. The second-order valence-electron chi connectivity index (χ2n) is 4.73. The Balaban J connectivity index is 3.99. The molecule has 0 spiro atoms. The number of rotatable bonds is 6. The monoisotopic (exact) mass is 279 g/mol. The fraction of sp³-hybridized carbons (Fsp3) is 0.818. The summed E-state index contributed by atoms with van der Waals surface area (Å²) < 4.78 is 5.07. The van der Waals surface area contributed by atoms with Gasteiger partial charge < -0.3 is 20.3 Å². The lowest BCUT2D eigenvalue weighted by Gasteiger charge is -2.23. The van der Waals surface area contributed by atoms with Gasteiger partial charge in [-0.3, -0.25) is 4.79 Å². The van der Waals surface area contributed by atoms with Crippen LogP contribution < -0.4 is 10.6 Å². The fourth-order valence-corrected chi connectivity index (χ4v) is 1.34. The molecule has 0 radical (unpaired) electrons. The van der Waals surface area contributed by atoms with Gasteiger partial charge in [-0.25, -0.2) is 4.79 Å². The van der Waals surface area contributed by atoms with Gasteiger partial charge in [-0.15, -0.1) is 11.6 Å². The predicted molar refractivity (Wildman–Crippen MR) is 70.6 cm³/mol. The minimum atomic E-state index is -0.527. The van der Waals surface area contributed by atoms with Gasteiger partial charge in [0, 0.05) is 13.1 Å². The van der Waals surface area contributed by atoms with Crippen molar-refractivity contribution in [2.24, 2.45) is 0 Å². The predicted octanol–water partition coefficient (Wildman–Crippen LogP) is 0.755. The highest BCUT2D eigenvalue weighted by atomic mass is 35.5. The van der Waals surface area contributed by atoms with E-state index in [0.29, 0.717) is 19.8 Å². The van der Waals surface area contributed by atoms with Gasteiger partial charge in [-0.2, -0.15) is 0 Å². The van der Waals surface area contributed by atoms with Crippen molar-refractivity contribution < 1.29 is 14.3 Å². The fourth-order valence-electron chi connectivity index (χ4n) is 1.17. The van der Waals surface area contributed by atoms with Crippen molar-refractivity contribution in [2.75, 3.05) is 32.7 Å². The van der Waals surface area contributed by atoms with Crippen molar-refractivity contribution in [3.05, 3.63) is 0 Å². The van der Waals surface area contributed by atoms with Crippen molar-refractivity contribution in [3.8, 4) is 0 Å². The van der Waals surface area contributed by atoms with Crippen LogP contribution in [-0.2, 0) is 9.53 Å². The van der Waals surface area contributed by atoms with Gasteiger partial charge in [-0.1, -0.05) is 0 Å². The van der Waals surface area contributed by atoms with Crippen LogP contribution in [-0.4, -0.2) is 55.2 Å². The molecule has 18 heavy (non-hydrogen) atoms. The first-order chi connectivity index (χ1) is 8.30. The number of ether oxygens (including phenoxy) is 1. The zero-order chi connectivity index (χ0) is 14.2. The molecule has 0 aromatic carbocycles. The number of halogens is 1. The van der Waals surface area contributed by atoms with Crippen LogP contribution in [0.5, 0.6) is 0 Å². The van der Waals surface area contributed by atoms with Crippen LogP contribution in [0.4, 0.5) is 4.79 Å². The van der Waals surface area contributed by atoms with E-state index in [2.05, 4.69) is 10.6 Å². The molecule has 0 unspecified atom stereocenters. The van der Waals surface area contributed by atoms with Gasteiger partial charge in [0.25, 0.3) is 0 Å². The zero-order valence-corrected chi connectivity index (χ0v) is 12.1. The molecule has 106 valence electrons. The Kier molecular flexibility index (Phi) is 7.70. The maximum atomic E-state index is 11.4. The van der Waals surface area contributed by atoms with E-state index in [1.54, 1.807) is 27.8 Å². The topological polar surface area (TPSA) is 70.7 Å². The normalized spacial score (nSPS) is 10.9. The summed E-state index contributed by atoms with van der Waals surface area (Å²) in [6.07, 6.45) is -0.495. The third kappa shape index (κ3) is 8.14. The Morgan fingerprint density at radius 3 is 2.39 bits per heavy atom. The van der Waals surface area contributed by atoms with Gasteiger partial charge in [0.1, 0.15) is 11.5 Å². The molecular weight excluding hydrogens is 258 g/mol. The highest BCUT2D eigenvalue weighted by molar-refractivity contribution is 6.27. The number of hydrogen-bond donors (Lipinski definition) is 2. The molecule has 6 nitrogen and oxygen atoms in total. The largest absolute Gasteiger partial charge is 0.444 e. The van der Waals surface area contributed by atoms with Crippen LogP contribution in [0.3, 0.4) is 0 Å². The summed E-state index contributed by atoms with van der Waals surface area (Å²) in [5.74, 6) is -0.259. The number of amides is 2. The van der Waals surface area contributed by atoms with Gasteiger partial charge in [0.15, 0.2) is 0 Å². The Labute approximate surface area is 113 Å². The maximum absolute atomic E-state index is 11.4. The number of alkyl carbamates (subject to hydrolysis) is 1. The van der Waals surface area contributed by atoms with Crippen molar-refractivity contribution in [2.45, 2.75) is 26.4 Å². The van der Waals surface area contributed by atoms with Crippen LogP contribution in [0.15, 0.2) is 0 Å². The number of alkyl halides is 1. The molecule has 0 aliphatic carbocycles. The van der Waals surface area contributed by atoms with Crippen molar-refractivity contribution in [1.82, 2.24) is 15.5 Å². The second kappa shape index (κ2) is 8.16. The molecule has 0 aliphatic heterocycles. The van der Waals surface area contributed by atoms with Gasteiger partial charge >= 0.3 is 6.09 Å². The van der Waals surface area contributed by atoms with Crippen LogP contribution in [0.25, 0.3) is 0 Å². The summed E-state index contributed by atoms with van der Waals surface area (Å²) in [7, 11) is 1.73. The van der Waals surface area contributed by atoms with E-state index in [1.807, 2.05) is 0 Å². The Morgan fingerprint density at radius 2 is 1.94 bits per heavy atom. The molecular formula is C11H22ClN3O3. The highest BCUT2D eigenvalue weighted by Gasteiger charge is 2.16. The molecule has 0 saturated carbocycles. The first-order valence-corrected chi connectivity index (χ1v) is 6.29. The van der Waals surface area contributed by atoms with E-state index in [4.69, 9.17) is 16.3 Å². The third-order valence-electron chi connectivity index (χ3n) is 1.87. The molecule has 0 aliphatic rings. The van der Waals surface area contributed by atoms with E-state index in [0.717, 1.165) is 0 Å². The molecule has 0 rings (SSSR count). The third-order valence-corrected chi connectivity index (χ3v) is 2.09. The van der Waals surface area contributed by atoms with Crippen molar-refractivity contribution in [1.29, 1.82) is 0 Å². The molecule has 0 atom stereocenters. The molecule has 7 heteroatoms.